The number of hydrogen-bond acceptors (Lipinski definition) is 3. The molecule has 0 spiro atoms. The number of para-hydroxylation sites is 1. The molecule has 0 aliphatic rings. The second kappa shape index (κ2) is 8.81. The van der Waals surface area contributed by atoms with Crippen LogP contribution in [0.5, 0.6) is 0 Å². The van der Waals surface area contributed by atoms with E-state index in [1.54, 1.807) is 17.4 Å². The Hall–Kier alpha value is -3.47. The van der Waals surface area contributed by atoms with Gasteiger partial charge in [-0.1, -0.05) is 84.4 Å². The number of rotatable bonds is 5. The summed E-state index contributed by atoms with van der Waals surface area (Å²) in [5.74, 6) is -0.122. The van der Waals surface area contributed by atoms with E-state index < -0.39 is 5.41 Å². The summed E-state index contributed by atoms with van der Waals surface area (Å²) in [6, 6.07) is 33.2. The van der Waals surface area contributed by atoms with Gasteiger partial charge in [-0.05, 0) is 48.4 Å². The monoisotopic (exact) mass is 468 g/mol. The van der Waals surface area contributed by atoms with Gasteiger partial charge < -0.3 is 5.32 Å². The number of carbonyl (C=O) groups excluding carboxylic acids is 1. The lowest BCUT2D eigenvalue weighted by molar-refractivity contribution is -0.119. The number of amides is 1. The van der Waals surface area contributed by atoms with Crippen LogP contribution in [0.15, 0.2) is 103 Å². The molecule has 5 heteroatoms. The van der Waals surface area contributed by atoms with E-state index in [4.69, 9.17) is 16.6 Å². The van der Waals surface area contributed by atoms with E-state index >= 15 is 0 Å². The lowest BCUT2D eigenvalue weighted by atomic mass is 9.75. The summed E-state index contributed by atoms with van der Waals surface area (Å²) in [5.41, 5.74) is 3.43. The van der Waals surface area contributed by atoms with Gasteiger partial charge in [0.2, 0.25) is 5.91 Å². The first-order valence-corrected chi connectivity index (χ1v) is 11.8. The summed E-state index contributed by atoms with van der Waals surface area (Å²) in [6.07, 6.45) is 0. The molecule has 1 heterocycles. The smallest absolute Gasteiger partial charge is 0.239 e. The van der Waals surface area contributed by atoms with Gasteiger partial charge in [-0.25, -0.2) is 4.98 Å². The molecule has 0 aliphatic carbocycles. The van der Waals surface area contributed by atoms with Crippen LogP contribution in [-0.4, -0.2) is 10.9 Å². The maximum absolute atomic E-state index is 13.7. The van der Waals surface area contributed by atoms with Crippen molar-refractivity contribution in [3.8, 4) is 10.6 Å². The maximum atomic E-state index is 13.7. The number of aromatic nitrogens is 1. The molecule has 5 rings (SSSR count). The first kappa shape index (κ1) is 21.4. The van der Waals surface area contributed by atoms with E-state index in [1.807, 2.05) is 104 Å². The molecular weight excluding hydrogens is 448 g/mol. The van der Waals surface area contributed by atoms with E-state index in [2.05, 4.69) is 5.32 Å². The number of nitrogens with one attached hydrogen (secondary N) is 1. The van der Waals surface area contributed by atoms with Gasteiger partial charge in [-0.2, -0.15) is 0 Å². The van der Waals surface area contributed by atoms with E-state index in [-0.39, 0.29) is 5.91 Å². The molecular formula is C28H21ClN2OS. The third-order valence-corrected chi connectivity index (χ3v) is 7.29. The van der Waals surface area contributed by atoms with Crippen molar-refractivity contribution >= 4 is 44.7 Å². The number of fused-ring (bicyclic) bond motifs is 1. The lowest BCUT2D eigenvalue weighted by Crippen LogP contribution is -2.38. The SMILES string of the molecule is CC(C(=O)Nc1ccc(-c2nc3ccccc3s2)c(Cl)c1)(c1ccccc1)c1ccccc1. The molecule has 0 bridgehead atoms. The van der Waals surface area contributed by atoms with E-state index in [1.165, 1.54) is 0 Å². The van der Waals surface area contributed by atoms with Gasteiger partial charge in [-0.15, -0.1) is 11.3 Å². The third kappa shape index (κ3) is 4.04. The predicted octanol–water partition coefficient (Wildman–Crippen LogP) is 7.56. The highest BCUT2D eigenvalue weighted by molar-refractivity contribution is 7.21. The van der Waals surface area contributed by atoms with Crippen LogP contribution >= 0.6 is 22.9 Å². The van der Waals surface area contributed by atoms with Crippen LogP contribution in [0.3, 0.4) is 0 Å². The van der Waals surface area contributed by atoms with Crippen molar-refractivity contribution in [1.29, 1.82) is 0 Å². The van der Waals surface area contributed by atoms with Crippen molar-refractivity contribution in [2.75, 3.05) is 5.32 Å². The van der Waals surface area contributed by atoms with Crippen LogP contribution in [-0.2, 0) is 10.2 Å². The van der Waals surface area contributed by atoms with Gasteiger partial charge in [0, 0.05) is 11.3 Å². The third-order valence-electron chi connectivity index (χ3n) is 5.91. The standard InChI is InChI=1S/C28H21ClN2OS/c1-28(19-10-4-2-5-11-19,20-12-6-3-7-13-20)27(32)30-21-16-17-22(23(29)18-21)26-31-24-14-8-9-15-25(24)33-26/h2-18H,1H3,(H,30,32). The summed E-state index contributed by atoms with van der Waals surface area (Å²) in [4.78, 5) is 18.4. The Morgan fingerprint density at radius 1 is 0.848 bits per heavy atom. The second-order valence-electron chi connectivity index (χ2n) is 7.99. The molecule has 1 amide bonds. The summed E-state index contributed by atoms with van der Waals surface area (Å²) in [7, 11) is 0. The Labute approximate surface area is 201 Å². The van der Waals surface area contributed by atoms with Crippen molar-refractivity contribution in [3.05, 3.63) is 119 Å². The number of benzene rings is 4. The Morgan fingerprint density at radius 3 is 2.06 bits per heavy atom. The molecule has 0 saturated heterocycles. The predicted molar refractivity (Wildman–Crippen MR) is 138 cm³/mol. The minimum absolute atomic E-state index is 0.122. The quantitative estimate of drug-likeness (QED) is 0.289. The van der Waals surface area contributed by atoms with E-state index in [9.17, 15) is 4.79 Å². The van der Waals surface area contributed by atoms with Gasteiger partial charge >= 0.3 is 0 Å². The highest BCUT2D eigenvalue weighted by Crippen LogP contribution is 2.37. The van der Waals surface area contributed by atoms with Gasteiger partial charge in [-0.3, -0.25) is 4.79 Å². The molecule has 0 fully saturated rings. The molecule has 5 aromatic rings. The fourth-order valence-electron chi connectivity index (χ4n) is 3.98. The molecule has 33 heavy (non-hydrogen) atoms. The minimum Gasteiger partial charge on any atom is -0.325 e. The van der Waals surface area contributed by atoms with Gasteiger partial charge in [0.05, 0.1) is 20.7 Å². The molecule has 0 aliphatic heterocycles. The zero-order valence-electron chi connectivity index (χ0n) is 18.0. The van der Waals surface area contributed by atoms with Crippen LogP contribution < -0.4 is 5.32 Å². The van der Waals surface area contributed by atoms with Gasteiger partial charge in [0.25, 0.3) is 0 Å². The van der Waals surface area contributed by atoms with Gasteiger partial charge in [0.15, 0.2) is 0 Å². The molecule has 0 unspecified atom stereocenters. The average Bonchev–Trinajstić information content (AvgIpc) is 3.28. The molecule has 162 valence electrons. The average molecular weight is 469 g/mol. The van der Waals surface area contributed by atoms with Crippen LogP contribution in [0, 0.1) is 0 Å². The topological polar surface area (TPSA) is 42.0 Å². The molecule has 0 atom stereocenters. The molecule has 1 aromatic heterocycles. The molecule has 0 saturated carbocycles. The maximum Gasteiger partial charge on any atom is 0.239 e. The first-order valence-electron chi connectivity index (χ1n) is 10.6. The summed E-state index contributed by atoms with van der Waals surface area (Å²) < 4.78 is 1.11. The largest absolute Gasteiger partial charge is 0.325 e. The minimum atomic E-state index is -0.860. The number of nitrogens with zero attached hydrogens (tertiary/aromatic N) is 1. The van der Waals surface area contributed by atoms with Crippen LogP contribution in [0.1, 0.15) is 18.1 Å². The van der Waals surface area contributed by atoms with Crippen LogP contribution in [0.4, 0.5) is 5.69 Å². The number of anilines is 1. The number of halogens is 1. The summed E-state index contributed by atoms with van der Waals surface area (Å²) >= 11 is 8.24. The first-order chi connectivity index (χ1) is 16.1. The van der Waals surface area contributed by atoms with Crippen molar-refractivity contribution in [1.82, 2.24) is 4.98 Å². The highest BCUT2D eigenvalue weighted by Gasteiger charge is 2.37. The Balaban J connectivity index is 1.47. The number of carbonyl (C=O) groups is 1. The number of thiazole rings is 1. The van der Waals surface area contributed by atoms with E-state index in [0.717, 1.165) is 31.9 Å². The lowest BCUT2D eigenvalue weighted by Gasteiger charge is -2.29. The molecule has 1 N–H and O–H groups in total. The van der Waals surface area contributed by atoms with Crippen molar-refractivity contribution in [2.45, 2.75) is 12.3 Å². The van der Waals surface area contributed by atoms with E-state index in [0.29, 0.717) is 10.7 Å². The van der Waals surface area contributed by atoms with Crippen molar-refractivity contribution in [2.24, 2.45) is 0 Å². The van der Waals surface area contributed by atoms with Crippen molar-refractivity contribution < 1.29 is 4.79 Å². The molecule has 3 nitrogen and oxygen atoms in total. The zero-order valence-corrected chi connectivity index (χ0v) is 19.5. The highest BCUT2D eigenvalue weighted by atomic mass is 35.5. The normalized spacial score (nSPS) is 11.5. The zero-order chi connectivity index (χ0) is 22.8. The number of hydrogen-bond donors (Lipinski definition) is 1. The second-order valence-corrected chi connectivity index (χ2v) is 9.43. The Kier molecular flexibility index (Phi) is 5.71. The fraction of sp³-hybridized carbons (Fsp3) is 0.0714. The van der Waals surface area contributed by atoms with Crippen LogP contribution in [0.25, 0.3) is 20.8 Å². The fourth-order valence-corrected chi connectivity index (χ4v) is 5.31. The summed E-state index contributed by atoms with van der Waals surface area (Å²) in [6.45, 7) is 1.95. The Morgan fingerprint density at radius 2 is 1.45 bits per heavy atom. The van der Waals surface area contributed by atoms with Crippen LogP contribution in [0.2, 0.25) is 5.02 Å². The van der Waals surface area contributed by atoms with Gasteiger partial charge in [0.1, 0.15) is 5.01 Å². The van der Waals surface area contributed by atoms with Crippen molar-refractivity contribution in [3.63, 3.8) is 0 Å². The Bertz CT molecular complexity index is 1360. The summed E-state index contributed by atoms with van der Waals surface area (Å²) in [5, 5.41) is 4.49. The molecule has 0 radical (unpaired) electrons. The molecule has 4 aromatic carbocycles.